The predicted octanol–water partition coefficient (Wildman–Crippen LogP) is 15.0. The van der Waals surface area contributed by atoms with Gasteiger partial charge in [0.2, 0.25) is 0 Å². The molecule has 0 fully saturated rings. The number of benzene rings is 9. The van der Waals surface area contributed by atoms with Crippen LogP contribution in [0.4, 0.5) is 0 Å². The summed E-state index contributed by atoms with van der Waals surface area (Å²) in [5.41, 5.74) is 19.9. The molecule has 292 valence electrons. The Labute approximate surface area is 362 Å². The molecule has 0 atom stereocenters. The number of rotatable bonds is 5. The van der Waals surface area contributed by atoms with Crippen LogP contribution in [-0.4, -0.2) is 9.97 Å². The molecular weight excluding hydrogens is 749 g/mol. The highest BCUT2D eigenvalue weighted by molar-refractivity contribution is 6.04. The number of nitrogens with zero attached hydrogens (tertiary/aromatic N) is 2. The summed E-state index contributed by atoms with van der Waals surface area (Å²) in [5, 5.41) is 2.31. The topological polar surface area (TPSA) is 25.8 Å². The van der Waals surface area contributed by atoms with Crippen molar-refractivity contribution in [3.05, 3.63) is 252 Å². The van der Waals surface area contributed by atoms with Gasteiger partial charge in [-0.25, -0.2) is 9.97 Å². The van der Waals surface area contributed by atoms with Crippen molar-refractivity contribution >= 4 is 10.8 Å². The van der Waals surface area contributed by atoms with Gasteiger partial charge in [-0.15, -0.1) is 0 Å². The molecule has 2 aliphatic rings. The normalized spacial score (nSPS) is 13.9. The van der Waals surface area contributed by atoms with E-state index in [9.17, 15) is 0 Å². The van der Waals surface area contributed by atoms with Crippen LogP contribution < -0.4 is 0 Å². The van der Waals surface area contributed by atoms with E-state index in [0.717, 1.165) is 33.5 Å². The average Bonchev–Trinajstić information content (AvgIpc) is 3.63. The molecular formula is C60H42N2. The molecule has 2 nitrogen and oxygen atoms in total. The van der Waals surface area contributed by atoms with Crippen molar-refractivity contribution in [1.29, 1.82) is 0 Å². The molecule has 1 spiro atoms. The zero-order chi connectivity index (χ0) is 41.4. The van der Waals surface area contributed by atoms with Crippen LogP contribution >= 0.6 is 0 Å². The van der Waals surface area contributed by atoms with Crippen LogP contribution in [0.3, 0.4) is 0 Å². The van der Waals surface area contributed by atoms with E-state index in [0.29, 0.717) is 5.82 Å². The van der Waals surface area contributed by atoms with Gasteiger partial charge in [-0.05, 0) is 95.7 Å². The van der Waals surface area contributed by atoms with Crippen molar-refractivity contribution in [2.75, 3.05) is 0 Å². The molecule has 0 bridgehead atoms. The smallest absolute Gasteiger partial charge is 0.161 e. The Morgan fingerprint density at radius 1 is 0.290 bits per heavy atom. The van der Waals surface area contributed by atoms with E-state index in [2.05, 4.69) is 226 Å². The Bertz CT molecular complexity index is 3310. The van der Waals surface area contributed by atoms with Crippen LogP contribution in [0.5, 0.6) is 0 Å². The quantitative estimate of drug-likeness (QED) is 0.174. The van der Waals surface area contributed by atoms with Crippen molar-refractivity contribution in [3.8, 4) is 67.3 Å². The molecule has 10 aromatic rings. The van der Waals surface area contributed by atoms with E-state index in [4.69, 9.17) is 9.97 Å². The summed E-state index contributed by atoms with van der Waals surface area (Å²) < 4.78 is 0. The third-order valence-corrected chi connectivity index (χ3v) is 13.6. The van der Waals surface area contributed by atoms with Gasteiger partial charge in [-0.2, -0.15) is 0 Å². The van der Waals surface area contributed by atoms with Crippen molar-refractivity contribution < 1.29 is 0 Å². The van der Waals surface area contributed by atoms with Crippen molar-refractivity contribution in [2.45, 2.75) is 24.7 Å². The maximum absolute atomic E-state index is 5.32. The number of hydrogen-bond acceptors (Lipinski definition) is 2. The minimum atomic E-state index is -0.431. The Hall–Kier alpha value is -7.68. The van der Waals surface area contributed by atoms with Crippen LogP contribution in [0.15, 0.2) is 218 Å². The SMILES string of the molecule is CC1(C)c2ccccc2C2(c3ccccc3-c3ccc(-c4ccc(-c5cc(-c6ccccc6)nc(-c6ccc(-c7ccccc7)c7ccccc67)n5)cc4)cc32)c2ccccc21. The lowest BCUT2D eigenvalue weighted by Crippen LogP contribution is -2.40. The van der Waals surface area contributed by atoms with Gasteiger partial charge in [0, 0.05) is 22.1 Å². The Morgan fingerprint density at radius 3 is 1.37 bits per heavy atom. The predicted molar refractivity (Wildman–Crippen MR) is 256 cm³/mol. The fourth-order valence-corrected chi connectivity index (χ4v) is 10.7. The largest absolute Gasteiger partial charge is 0.228 e. The highest BCUT2D eigenvalue weighted by Gasteiger charge is 2.53. The lowest BCUT2D eigenvalue weighted by Gasteiger charge is -2.46. The van der Waals surface area contributed by atoms with E-state index >= 15 is 0 Å². The first kappa shape index (κ1) is 36.2. The molecule has 2 heteroatoms. The zero-order valence-electron chi connectivity index (χ0n) is 34.7. The van der Waals surface area contributed by atoms with Gasteiger partial charge in [-0.1, -0.05) is 214 Å². The second kappa shape index (κ2) is 13.9. The molecule has 12 rings (SSSR count). The highest BCUT2D eigenvalue weighted by Crippen LogP contribution is 2.62. The molecule has 2 aliphatic carbocycles. The first-order valence-electron chi connectivity index (χ1n) is 21.6. The number of aromatic nitrogens is 2. The molecule has 0 radical (unpaired) electrons. The summed E-state index contributed by atoms with van der Waals surface area (Å²) >= 11 is 0. The molecule has 62 heavy (non-hydrogen) atoms. The van der Waals surface area contributed by atoms with Gasteiger partial charge in [0.15, 0.2) is 5.82 Å². The minimum absolute atomic E-state index is 0.135. The molecule has 0 N–H and O–H groups in total. The van der Waals surface area contributed by atoms with Crippen molar-refractivity contribution in [2.24, 2.45) is 0 Å². The lowest BCUT2D eigenvalue weighted by atomic mass is 9.55. The molecule has 0 saturated carbocycles. The van der Waals surface area contributed by atoms with E-state index in [1.807, 2.05) is 6.07 Å². The molecule has 0 saturated heterocycles. The number of fused-ring (bicyclic) bond motifs is 10. The van der Waals surface area contributed by atoms with Gasteiger partial charge in [0.1, 0.15) is 0 Å². The molecule has 0 aliphatic heterocycles. The third-order valence-electron chi connectivity index (χ3n) is 13.6. The van der Waals surface area contributed by atoms with Crippen LogP contribution in [0.25, 0.3) is 78.1 Å². The van der Waals surface area contributed by atoms with Crippen LogP contribution in [0.1, 0.15) is 47.2 Å². The van der Waals surface area contributed by atoms with Gasteiger partial charge in [0.25, 0.3) is 0 Å². The monoisotopic (exact) mass is 790 g/mol. The van der Waals surface area contributed by atoms with Gasteiger partial charge >= 0.3 is 0 Å². The molecule has 0 unspecified atom stereocenters. The second-order valence-corrected chi connectivity index (χ2v) is 17.2. The average molecular weight is 791 g/mol. The Kier molecular flexibility index (Phi) is 8.14. The van der Waals surface area contributed by atoms with E-state index in [1.165, 1.54) is 72.1 Å². The summed E-state index contributed by atoms with van der Waals surface area (Å²) in [5.74, 6) is 0.709. The fraction of sp³-hybridized carbons (Fsp3) is 0.0667. The standard InChI is InChI=1S/C60H42N2/c1-59(2)51-25-13-15-27-53(51)60(54-28-16-14-26-52(54)59)50-24-12-11-23-47(50)48-34-33-43(37-55(48)60)39-29-31-42(32-30-39)57-38-56(41-19-7-4-8-20-41)61-58(62-57)49-36-35-44(40-17-5-3-6-18-40)45-21-9-10-22-46(45)49/h3-38H,1-2H3. The summed E-state index contributed by atoms with van der Waals surface area (Å²) in [6.07, 6.45) is 0. The molecule has 1 heterocycles. The lowest BCUT2D eigenvalue weighted by molar-refractivity contribution is 0.563. The first-order chi connectivity index (χ1) is 30.5. The van der Waals surface area contributed by atoms with E-state index < -0.39 is 5.41 Å². The summed E-state index contributed by atoms with van der Waals surface area (Å²) in [7, 11) is 0. The third kappa shape index (κ3) is 5.36. The first-order valence-corrected chi connectivity index (χ1v) is 21.6. The maximum Gasteiger partial charge on any atom is 0.161 e. The zero-order valence-corrected chi connectivity index (χ0v) is 34.7. The molecule has 0 amide bonds. The Balaban J connectivity index is 0.992. The number of hydrogen-bond donors (Lipinski definition) is 0. The van der Waals surface area contributed by atoms with Crippen molar-refractivity contribution in [1.82, 2.24) is 9.97 Å². The fourth-order valence-electron chi connectivity index (χ4n) is 10.7. The van der Waals surface area contributed by atoms with Crippen molar-refractivity contribution in [3.63, 3.8) is 0 Å². The van der Waals surface area contributed by atoms with Crippen LogP contribution in [0.2, 0.25) is 0 Å². The summed E-state index contributed by atoms with van der Waals surface area (Å²) in [6, 6.07) is 79.6. The van der Waals surface area contributed by atoms with E-state index in [1.54, 1.807) is 0 Å². The van der Waals surface area contributed by atoms with Crippen LogP contribution in [0, 0.1) is 0 Å². The van der Waals surface area contributed by atoms with Gasteiger partial charge in [-0.3, -0.25) is 0 Å². The van der Waals surface area contributed by atoms with Crippen LogP contribution in [-0.2, 0) is 10.8 Å². The van der Waals surface area contributed by atoms with Gasteiger partial charge in [0.05, 0.1) is 16.8 Å². The maximum atomic E-state index is 5.32. The second-order valence-electron chi connectivity index (χ2n) is 17.2. The Morgan fingerprint density at radius 2 is 0.726 bits per heavy atom. The van der Waals surface area contributed by atoms with Gasteiger partial charge < -0.3 is 0 Å². The minimum Gasteiger partial charge on any atom is -0.228 e. The van der Waals surface area contributed by atoms with E-state index in [-0.39, 0.29) is 5.41 Å². The molecule has 9 aromatic carbocycles. The highest BCUT2D eigenvalue weighted by atomic mass is 14.9. The summed E-state index contributed by atoms with van der Waals surface area (Å²) in [6.45, 7) is 4.76. The molecule has 1 aromatic heterocycles. The summed E-state index contributed by atoms with van der Waals surface area (Å²) in [4.78, 5) is 10.6.